The molecule has 0 bridgehead atoms. The number of hydrogen-bond acceptors (Lipinski definition) is 5. The Kier molecular flexibility index (Phi) is 7.77. The van der Waals surface area contributed by atoms with E-state index in [9.17, 15) is 18.0 Å². The summed E-state index contributed by atoms with van der Waals surface area (Å²) in [5.41, 5.74) is 0.820. The Morgan fingerprint density at radius 1 is 1.31 bits per heavy atom. The van der Waals surface area contributed by atoms with E-state index in [0.717, 1.165) is 11.4 Å². The molecule has 0 saturated heterocycles. The SMILES string of the molecule is CC(C)n1ccnc1CNCc1ccsc1C(=O)O.O=C(O)C(F)(F)F. The molecule has 0 amide bonds. The fourth-order valence-electron chi connectivity index (χ4n) is 1.92. The lowest BCUT2D eigenvalue weighted by molar-refractivity contribution is -0.192. The lowest BCUT2D eigenvalue weighted by atomic mass is 10.2. The number of aliphatic carboxylic acids is 1. The van der Waals surface area contributed by atoms with Crippen LogP contribution < -0.4 is 5.32 Å². The first-order valence-corrected chi connectivity index (χ1v) is 8.24. The van der Waals surface area contributed by atoms with Crippen molar-refractivity contribution < 1.29 is 33.0 Å². The number of aromatic carboxylic acids is 1. The van der Waals surface area contributed by atoms with Crippen LogP contribution in [-0.4, -0.2) is 37.9 Å². The largest absolute Gasteiger partial charge is 0.490 e. The first kappa shape index (κ1) is 21.6. The van der Waals surface area contributed by atoms with Crippen molar-refractivity contribution in [1.29, 1.82) is 0 Å². The van der Waals surface area contributed by atoms with Gasteiger partial charge in [0.25, 0.3) is 0 Å². The number of imidazole rings is 1. The second-order valence-corrected chi connectivity index (χ2v) is 6.25. The zero-order valence-corrected chi connectivity index (χ0v) is 14.8. The number of carbonyl (C=O) groups is 2. The number of nitrogens with zero attached hydrogens (tertiary/aromatic N) is 2. The minimum atomic E-state index is -5.08. The smallest absolute Gasteiger partial charge is 0.477 e. The molecule has 0 spiro atoms. The maximum Gasteiger partial charge on any atom is 0.490 e. The van der Waals surface area contributed by atoms with Gasteiger partial charge in [0.1, 0.15) is 10.7 Å². The molecule has 2 heterocycles. The molecule has 0 aliphatic heterocycles. The minimum absolute atomic E-state index is 0.370. The molecule has 2 rings (SSSR count). The third-order valence-corrected chi connectivity index (χ3v) is 4.03. The number of alkyl halides is 3. The van der Waals surface area contributed by atoms with E-state index < -0.39 is 18.1 Å². The Labute approximate surface area is 151 Å². The average molecular weight is 393 g/mol. The number of thiophene rings is 1. The van der Waals surface area contributed by atoms with Crippen molar-refractivity contribution in [3.05, 3.63) is 40.1 Å². The maximum atomic E-state index is 11.0. The van der Waals surface area contributed by atoms with Gasteiger partial charge in [-0.05, 0) is 30.9 Å². The Morgan fingerprint density at radius 2 is 1.92 bits per heavy atom. The van der Waals surface area contributed by atoms with Crippen LogP contribution in [-0.2, 0) is 17.9 Å². The minimum Gasteiger partial charge on any atom is -0.477 e. The number of aromatic nitrogens is 2. The molecule has 2 aromatic rings. The summed E-state index contributed by atoms with van der Waals surface area (Å²) in [6.45, 7) is 5.37. The van der Waals surface area contributed by atoms with Crippen molar-refractivity contribution in [2.24, 2.45) is 0 Å². The van der Waals surface area contributed by atoms with Crippen molar-refractivity contribution in [2.45, 2.75) is 39.2 Å². The van der Waals surface area contributed by atoms with E-state index in [1.54, 1.807) is 11.6 Å². The number of carboxylic acids is 2. The fraction of sp³-hybridized carbons (Fsp3) is 0.400. The van der Waals surface area contributed by atoms with Crippen LogP contribution in [0.2, 0.25) is 0 Å². The molecule has 0 aliphatic rings. The molecular formula is C15H18F3N3O4S. The van der Waals surface area contributed by atoms with Crippen molar-refractivity contribution in [1.82, 2.24) is 14.9 Å². The molecule has 26 heavy (non-hydrogen) atoms. The van der Waals surface area contributed by atoms with Gasteiger partial charge in [-0.3, -0.25) is 0 Å². The van der Waals surface area contributed by atoms with Crippen LogP contribution in [0, 0.1) is 0 Å². The van der Waals surface area contributed by atoms with Gasteiger partial charge in [0.15, 0.2) is 0 Å². The summed E-state index contributed by atoms with van der Waals surface area (Å²) < 4.78 is 33.8. The second-order valence-electron chi connectivity index (χ2n) is 5.33. The summed E-state index contributed by atoms with van der Waals surface area (Å²) in [5.74, 6) is -2.66. The van der Waals surface area contributed by atoms with Crippen molar-refractivity contribution in [2.75, 3.05) is 0 Å². The van der Waals surface area contributed by atoms with Crippen LogP contribution in [0.25, 0.3) is 0 Å². The number of nitrogens with one attached hydrogen (secondary N) is 1. The Balaban J connectivity index is 0.000000412. The van der Waals surface area contributed by atoms with Crippen molar-refractivity contribution in [3.8, 4) is 0 Å². The molecule has 7 nitrogen and oxygen atoms in total. The van der Waals surface area contributed by atoms with Crippen LogP contribution in [0.3, 0.4) is 0 Å². The average Bonchev–Trinajstić information content (AvgIpc) is 3.15. The fourth-order valence-corrected chi connectivity index (χ4v) is 2.68. The van der Waals surface area contributed by atoms with Gasteiger partial charge in [-0.15, -0.1) is 11.3 Å². The second kappa shape index (κ2) is 9.34. The van der Waals surface area contributed by atoms with Gasteiger partial charge in [-0.2, -0.15) is 13.2 Å². The highest BCUT2D eigenvalue weighted by atomic mass is 32.1. The highest BCUT2D eigenvalue weighted by Gasteiger charge is 2.38. The van der Waals surface area contributed by atoms with E-state index in [0.29, 0.717) is 24.0 Å². The van der Waals surface area contributed by atoms with Crippen LogP contribution in [0.5, 0.6) is 0 Å². The predicted octanol–water partition coefficient (Wildman–Crippen LogP) is 3.15. The normalized spacial score (nSPS) is 11.2. The van der Waals surface area contributed by atoms with Gasteiger partial charge < -0.3 is 20.1 Å². The Morgan fingerprint density at radius 3 is 2.42 bits per heavy atom. The summed E-state index contributed by atoms with van der Waals surface area (Å²) in [7, 11) is 0. The molecule has 0 saturated carbocycles. The summed E-state index contributed by atoms with van der Waals surface area (Å²) in [5, 5.41) is 21.2. The molecule has 3 N–H and O–H groups in total. The number of carboxylic acid groups (broad SMARTS) is 2. The van der Waals surface area contributed by atoms with E-state index in [1.807, 2.05) is 12.3 Å². The molecule has 0 atom stereocenters. The quantitative estimate of drug-likeness (QED) is 0.697. The van der Waals surface area contributed by atoms with Crippen molar-refractivity contribution in [3.63, 3.8) is 0 Å². The summed E-state index contributed by atoms with van der Waals surface area (Å²) >= 11 is 1.25. The summed E-state index contributed by atoms with van der Waals surface area (Å²) in [6, 6.07) is 2.21. The van der Waals surface area contributed by atoms with Gasteiger partial charge >= 0.3 is 18.1 Å². The van der Waals surface area contributed by atoms with E-state index in [1.165, 1.54) is 11.3 Å². The molecule has 11 heteroatoms. The molecule has 0 radical (unpaired) electrons. The van der Waals surface area contributed by atoms with E-state index in [-0.39, 0.29) is 0 Å². The topological polar surface area (TPSA) is 104 Å². The number of hydrogen-bond donors (Lipinski definition) is 3. The summed E-state index contributed by atoms with van der Waals surface area (Å²) in [4.78, 5) is 24.6. The van der Waals surface area contributed by atoms with Crippen LogP contribution >= 0.6 is 11.3 Å². The van der Waals surface area contributed by atoms with E-state index in [4.69, 9.17) is 15.0 Å². The maximum absolute atomic E-state index is 11.0. The van der Waals surface area contributed by atoms with Crippen LogP contribution in [0.1, 0.15) is 40.9 Å². The molecule has 0 aliphatic carbocycles. The third kappa shape index (κ3) is 6.48. The van der Waals surface area contributed by atoms with Crippen LogP contribution in [0.4, 0.5) is 13.2 Å². The molecule has 0 aromatic carbocycles. The van der Waals surface area contributed by atoms with E-state index >= 15 is 0 Å². The van der Waals surface area contributed by atoms with Gasteiger partial charge in [0, 0.05) is 25.0 Å². The lowest BCUT2D eigenvalue weighted by Gasteiger charge is -2.11. The summed E-state index contributed by atoms with van der Waals surface area (Å²) in [6.07, 6.45) is -1.35. The van der Waals surface area contributed by atoms with E-state index in [2.05, 4.69) is 28.7 Å². The lowest BCUT2D eigenvalue weighted by Crippen LogP contribution is -2.21. The third-order valence-electron chi connectivity index (χ3n) is 3.09. The standard InChI is InChI=1S/C13H17N3O2S.C2HF3O2/c1-9(2)16-5-4-15-11(16)8-14-7-10-3-6-19-12(10)13(17)18;3-2(4,5)1(6)7/h3-6,9,14H,7-8H2,1-2H3,(H,17,18);(H,6,7). The zero-order valence-electron chi connectivity index (χ0n) is 13.9. The molecule has 2 aromatic heterocycles. The van der Waals surface area contributed by atoms with Crippen molar-refractivity contribution >= 4 is 23.3 Å². The monoisotopic (exact) mass is 393 g/mol. The first-order chi connectivity index (χ1) is 12.0. The number of rotatable bonds is 6. The highest BCUT2D eigenvalue weighted by Crippen LogP contribution is 2.17. The van der Waals surface area contributed by atoms with Crippen LogP contribution in [0.15, 0.2) is 23.8 Å². The first-order valence-electron chi connectivity index (χ1n) is 7.36. The number of halogens is 3. The highest BCUT2D eigenvalue weighted by molar-refractivity contribution is 7.12. The van der Waals surface area contributed by atoms with Gasteiger partial charge in [-0.25, -0.2) is 14.6 Å². The molecule has 0 unspecified atom stereocenters. The Hall–Kier alpha value is -2.40. The van der Waals surface area contributed by atoms with Gasteiger partial charge in [0.05, 0.1) is 6.54 Å². The predicted molar refractivity (Wildman–Crippen MR) is 88.1 cm³/mol. The molecular weight excluding hydrogens is 375 g/mol. The zero-order chi connectivity index (χ0) is 19.9. The van der Waals surface area contributed by atoms with Gasteiger partial charge in [0.2, 0.25) is 0 Å². The Bertz CT molecular complexity index is 741. The molecule has 144 valence electrons. The molecule has 0 fully saturated rings. The van der Waals surface area contributed by atoms with Gasteiger partial charge in [-0.1, -0.05) is 0 Å².